The van der Waals surface area contributed by atoms with Crippen molar-refractivity contribution in [3.05, 3.63) is 44.7 Å². The van der Waals surface area contributed by atoms with Crippen LogP contribution in [0, 0.1) is 0 Å². The van der Waals surface area contributed by atoms with Gasteiger partial charge in [-0.05, 0) is 37.1 Å². The van der Waals surface area contributed by atoms with Gasteiger partial charge < -0.3 is 4.74 Å². The van der Waals surface area contributed by atoms with E-state index in [1.165, 1.54) is 0 Å². The highest BCUT2D eigenvalue weighted by Gasteiger charge is 2.36. The molecular weight excluding hydrogens is 324 g/mol. The SMILES string of the molecule is CCOC(=O)C(C)(NCCN=[N+]=[N-])c1ccc(Br)cc1. The van der Waals surface area contributed by atoms with E-state index in [1.54, 1.807) is 13.8 Å². The Morgan fingerprint density at radius 1 is 1.50 bits per heavy atom. The number of esters is 1. The zero-order chi connectivity index (χ0) is 15.0. The number of halogens is 1. The van der Waals surface area contributed by atoms with E-state index in [0.717, 1.165) is 10.0 Å². The van der Waals surface area contributed by atoms with Crippen LogP contribution in [0.15, 0.2) is 33.9 Å². The van der Waals surface area contributed by atoms with Gasteiger partial charge in [-0.1, -0.05) is 33.2 Å². The summed E-state index contributed by atoms with van der Waals surface area (Å²) in [6.45, 7) is 4.48. The molecule has 20 heavy (non-hydrogen) atoms. The van der Waals surface area contributed by atoms with Crippen LogP contribution in [0.3, 0.4) is 0 Å². The monoisotopic (exact) mass is 340 g/mol. The van der Waals surface area contributed by atoms with Gasteiger partial charge in [-0.25, -0.2) is 4.79 Å². The van der Waals surface area contributed by atoms with Crippen molar-refractivity contribution >= 4 is 21.9 Å². The van der Waals surface area contributed by atoms with E-state index in [2.05, 4.69) is 31.3 Å². The van der Waals surface area contributed by atoms with Gasteiger partial charge in [0.1, 0.15) is 5.54 Å². The summed E-state index contributed by atoms with van der Waals surface area (Å²) in [5.41, 5.74) is 8.09. The average Bonchev–Trinajstić information content (AvgIpc) is 2.44. The quantitative estimate of drug-likeness (QED) is 0.272. The fourth-order valence-electron chi connectivity index (χ4n) is 1.75. The van der Waals surface area contributed by atoms with Crippen LogP contribution in [0.1, 0.15) is 19.4 Å². The summed E-state index contributed by atoms with van der Waals surface area (Å²) in [6.07, 6.45) is 0. The number of hydrogen-bond acceptors (Lipinski definition) is 4. The van der Waals surface area contributed by atoms with Crippen molar-refractivity contribution in [2.24, 2.45) is 5.11 Å². The minimum atomic E-state index is -0.971. The van der Waals surface area contributed by atoms with Crippen molar-refractivity contribution in [3.8, 4) is 0 Å². The van der Waals surface area contributed by atoms with Crippen LogP contribution >= 0.6 is 15.9 Å². The first-order chi connectivity index (χ1) is 9.54. The molecule has 0 bridgehead atoms. The van der Waals surface area contributed by atoms with Crippen LogP contribution < -0.4 is 5.32 Å². The molecule has 1 atom stereocenters. The molecule has 1 unspecified atom stereocenters. The Bertz CT molecular complexity index is 500. The van der Waals surface area contributed by atoms with Crippen LogP contribution in [0.25, 0.3) is 10.4 Å². The van der Waals surface area contributed by atoms with Crippen molar-refractivity contribution in [1.29, 1.82) is 0 Å². The number of ether oxygens (including phenoxy) is 1. The van der Waals surface area contributed by atoms with Crippen LogP contribution in [-0.2, 0) is 15.1 Å². The maximum atomic E-state index is 12.2. The smallest absolute Gasteiger partial charge is 0.330 e. The van der Waals surface area contributed by atoms with Gasteiger partial charge >= 0.3 is 5.97 Å². The molecule has 7 heteroatoms. The lowest BCUT2D eigenvalue weighted by Gasteiger charge is -2.29. The highest BCUT2D eigenvalue weighted by Crippen LogP contribution is 2.24. The van der Waals surface area contributed by atoms with E-state index in [4.69, 9.17) is 10.3 Å². The summed E-state index contributed by atoms with van der Waals surface area (Å²) in [4.78, 5) is 14.9. The zero-order valence-electron chi connectivity index (χ0n) is 11.5. The fourth-order valence-corrected chi connectivity index (χ4v) is 2.02. The van der Waals surface area contributed by atoms with Gasteiger partial charge in [0.2, 0.25) is 0 Å². The molecule has 0 saturated carbocycles. The van der Waals surface area contributed by atoms with E-state index in [-0.39, 0.29) is 12.5 Å². The third-order valence-corrected chi connectivity index (χ3v) is 3.39. The Hall–Kier alpha value is -1.56. The van der Waals surface area contributed by atoms with Crippen LogP contribution in [0.5, 0.6) is 0 Å². The van der Waals surface area contributed by atoms with Crippen molar-refractivity contribution in [3.63, 3.8) is 0 Å². The number of carbonyl (C=O) groups is 1. The van der Waals surface area contributed by atoms with E-state index >= 15 is 0 Å². The topological polar surface area (TPSA) is 87.1 Å². The van der Waals surface area contributed by atoms with E-state index in [1.807, 2.05) is 24.3 Å². The summed E-state index contributed by atoms with van der Waals surface area (Å²) in [5, 5.41) is 6.54. The Kier molecular flexibility index (Phi) is 6.51. The molecule has 0 aromatic heterocycles. The van der Waals surface area contributed by atoms with Gasteiger partial charge in [-0.3, -0.25) is 5.32 Å². The molecule has 1 aromatic carbocycles. The lowest BCUT2D eigenvalue weighted by Crippen LogP contribution is -2.48. The maximum Gasteiger partial charge on any atom is 0.330 e. The predicted octanol–water partition coefficient (Wildman–Crippen LogP) is 3.13. The van der Waals surface area contributed by atoms with Crippen molar-refractivity contribution in [1.82, 2.24) is 5.32 Å². The molecule has 0 amide bonds. The molecule has 0 fully saturated rings. The van der Waals surface area contributed by atoms with Crippen LogP contribution in [0.2, 0.25) is 0 Å². The first-order valence-corrected chi connectivity index (χ1v) is 7.03. The predicted molar refractivity (Wildman–Crippen MR) is 80.1 cm³/mol. The molecule has 0 aliphatic rings. The lowest BCUT2D eigenvalue weighted by atomic mass is 9.92. The highest BCUT2D eigenvalue weighted by atomic mass is 79.9. The first kappa shape index (κ1) is 16.5. The Morgan fingerprint density at radius 2 is 2.15 bits per heavy atom. The van der Waals surface area contributed by atoms with Gasteiger partial charge in [-0.2, -0.15) is 0 Å². The Morgan fingerprint density at radius 3 is 2.70 bits per heavy atom. The van der Waals surface area contributed by atoms with Gasteiger partial charge in [0.05, 0.1) is 6.61 Å². The van der Waals surface area contributed by atoms with E-state index < -0.39 is 5.54 Å². The molecule has 1 rings (SSSR count). The van der Waals surface area contributed by atoms with E-state index in [9.17, 15) is 4.79 Å². The van der Waals surface area contributed by atoms with Gasteiger partial charge in [-0.15, -0.1) is 0 Å². The number of nitrogens with one attached hydrogen (secondary N) is 1. The van der Waals surface area contributed by atoms with Crippen LogP contribution in [0.4, 0.5) is 0 Å². The molecule has 108 valence electrons. The number of benzene rings is 1. The molecule has 0 heterocycles. The van der Waals surface area contributed by atoms with Crippen molar-refractivity contribution < 1.29 is 9.53 Å². The summed E-state index contributed by atoms with van der Waals surface area (Å²) < 4.78 is 6.06. The number of hydrogen-bond donors (Lipinski definition) is 1. The molecule has 0 aliphatic heterocycles. The normalized spacial score (nSPS) is 13.2. The van der Waals surface area contributed by atoms with Gasteiger partial charge in [0, 0.05) is 22.5 Å². The molecule has 0 aliphatic carbocycles. The third-order valence-electron chi connectivity index (χ3n) is 2.86. The second kappa shape index (κ2) is 7.89. The fraction of sp³-hybridized carbons (Fsp3) is 0.462. The molecule has 1 aromatic rings. The van der Waals surface area contributed by atoms with Gasteiger partial charge in [0.25, 0.3) is 0 Å². The number of nitrogens with zero attached hydrogens (tertiary/aromatic N) is 3. The standard InChI is InChI=1S/C13H17BrN4O2/c1-3-20-12(19)13(2,16-8-9-17-18-15)10-4-6-11(14)7-5-10/h4-7,16H,3,8-9H2,1-2H3. The lowest BCUT2D eigenvalue weighted by molar-refractivity contribution is -0.151. The Labute approximate surface area is 126 Å². The minimum absolute atomic E-state index is 0.266. The summed E-state index contributed by atoms with van der Waals surface area (Å²) in [6, 6.07) is 7.42. The zero-order valence-corrected chi connectivity index (χ0v) is 13.1. The Balaban J connectivity index is 2.96. The summed E-state index contributed by atoms with van der Waals surface area (Å²) in [5.74, 6) is -0.358. The van der Waals surface area contributed by atoms with Gasteiger partial charge in [0.15, 0.2) is 0 Å². The van der Waals surface area contributed by atoms with Crippen molar-refractivity contribution in [2.45, 2.75) is 19.4 Å². The third kappa shape index (κ3) is 4.23. The number of carbonyl (C=O) groups excluding carboxylic acids is 1. The van der Waals surface area contributed by atoms with Crippen molar-refractivity contribution in [2.75, 3.05) is 19.7 Å². The second-order valence-corrected chi connectivity index (χ2v) is 5.15. The molecule has 6 nitrogen and oxygen atoms in total. The molecule has 0 saturated heterocycles. The first-order valence-electron chi connectivity index (χ1n) is 6.23. The molecular formula is C13H17BrN4O2. The number of rotatable bonds is 7. The molecule has 0 spiro atoms. The summed E-state index contributed by atoms with van der Waals surface area (Å²) >= 11 is 3.36. The maximum absolute atomic E-state index is 12.2. The van der Waals surface area contributed by atoms with Crippen LogP contribution in [-0.4, -0.2) is 25.7 Å². The average molecular weight is 341 g/mol. The molecule has 1 N–H and O–H groups in total. The minimum Gasteiger partial charge on any atom is -0.464 e. The summed E-state index contributed by atoms with van der Waals surface area (Å²) in [7, 11) is 0. The molecule has 0 radical (unpaired) electrons. The largest absolute Gasteiger partial charge is 0.464 e. The highest BCUT2D eigenvalue weighted by molar-refractivity contribution is 9.10. The van der Waals surface area contributed by atoms with E-state index in [0.29, 0.717) is 13.2 Å². The number of azide groups is 1. The second-order valence-electron chi connectivity index (χ2n) is 4.23.